The van der Waals surface area contributed by atoms with E-state index in [1.54, 1.807) is 13.2 Å². The molecular formula is C26H39FN2O3. The van der Waals surface area contributed by atoms with Crippen molar-refractivity contribution in [2.45, 2.75) is 70.3 Å². The number of methoxy groups -OCH3 is 2. The molecule has 0 spiro atoms. The number of hydrogen-bond donors (Lipinski definition) is 1. The molecule has 6 heteroatoms. The lowest BCUT2D eigenvalue weighted by Crippen LogP contribution is -2.38. The topological polar surface area (TPSA) is 50.8 Å². The molecule has 1 aromatic rings. The third-order valence-electron chi connectivity index (χ3n) is 6.89. The summed E-state index contributed by atoms with van der Waals surface area (Å²) in [6.07, 6.45) is 13.0. The van der Waals surface area contributed by atoms with Crippen LogP contribution < -0.4 is 15.0 Å². The maximum Gasteiger partial charge on any atom is 0.222 e. The molecule has 178 valence electrons. The van der Waals surface area contributed by atoms with Crippen LogP contribution in [0.3, 0.4) is 0 Å². The Morgan fingerprint density at radius 2 is 2.00 bits per heavy atom. The minimum atomic E-state index is -0.260. The average molecular weight is 447 g/mol. The fourth-order valence-corrected chi connectivity index (χ4v) is 4.99. The van der Waals surface area contributed by atoms with Gasteiger partial charge in [-0.3, -0.25) is 4.79 Å². The number of nitrogens with one attached hydrogen (secondary N) is 1. The number of benzene rings is 1. The number of hydrogen-bond acceptors (Lipinski definition) is 4. The highest BCUT2D eigenvalue weighted by Gasteiger charge is 2.22. The van der Waals surface area contributed by atoms with Crippen LogP contribution in [0.4, 0.5) is 10.1 Å². The number of rotatable bonds is 10. The zero-order valence-electron chi connectivity index (χ0n) is 19.7. The first kappa shape index (κ1) is 24.6. The van der Waals surface area contributed by atoms with Gasteiger partial charge in [-0.1, -0.05) is 24.1 Å². The van der Waals surface area contributed by atoms with Crippen molar-refractivity contribution in [1.82, 2.24) is 5.32 Å². The Morgan fingerprint density at radius 1 is 1.19 bits per heavy atom. The maximum absolute atomic E-state index is 14.6. The smallest absolute Gasteiger partial charge is 0.222 e. The molecule has 1 fully saturated rings. The molecular weight excluding hydrogens is 407 g/mol. The minimum Gasteiger partial charge on any atom is -0.494 e. The van der Waals surface area contributed by atoms with Crippen molar-refractivity contribution in [2.75, 3.05) is 38.8 Å². The van der Waals surface area contributed by atoms with E-state index in [9.17, 15) is 9.18 Å². The van der Waals surface area contributed by atoms with Crippen LogP contribution in [0.1, 0.15) is 64.2 Å². The first-order valence-electron chi connectivity index (χ1n) is 12.1. The van der Waals surface area contributed by atoms with Crippen LogP contribution in [0.15, 0.2) is 29.8 Å². The molecule has 1 heterocycles. The number of nitrogens with zero attached hydrogens (tertiary/aromatic N) is 1. The second kappa shape index (κ2) is 12.8. The number of amides is 1. The van der Waals surface area contributed by atoms with Crippen molar-refractivity contribution >= 4 is 11.6 Å². The summed E-state index contributed by atoms with van der Waals surface area (Å²) in [4.78, 5) is 14.0. The van der Waals surface area contributed by atoms with E-state index in [0.29, 0.717) is 30.5 Å². The molecule has 3 rings (SSSR count). The second-order valence-electron chi connectivity index (χ2n) is 9.10. The van der Waals surface area contributed by atoms with E-state index < -0.39 is 0 Å². The van der Waals surface area contributed by atoms with Crippen LogP contribution in [0.25, 0.3) is 0 Å². The summed E-state index contributed by atoms with van der Waals surface area (Å²) >= 11 is 0. The van der Waals surface area contributed by atoms with Gasteiger partial charge in [-0.05, 0) is 69.4 Å². The van der Waals surface area contributed by atoms with E-state index in [2.05, 4.69) is 16.3 Å². The van der Waals surface area contributed by atoms with Crippen LogP contribution in [-0.2, 0) is 9.53 Å². The highest BCUT2D eigenvalue weighted by molar-refractivity contribution is 5.76. The highest BCUT2D eigenvalue weighted by atomic mass is 19.1. The molecule has 32 heavy (non-hydrogen) atoms. The fourth-order valence-electron chi connectivity index (χ4n) is 4.99. The van der Waals surface area contributed by atoms with Gasteiger partial charge in [0, 0.05) is 32.7 Å². The Bertz CT molecular complexity index is 759. The molecule has 0 aromatic heterocycles. The Kier molecular flexibility index (Phi) is 9.85. The van der Waals surface area contributed by atoms with Crippen LogP contribution in [0, 0.1) is 11.7 Å². The van der Waals surface area contributed by atoms with E-state index in [1.165, 1.54) is 38.4 Å². The van der Waals surface area contributed by atoms with Gasteiger partial charge in [-0.15, -0.1) is 0 Å². The number of carbonyl (C=O) groups is 1. The quantitative estimate of drug-likeness (QED) is 0.499. The van der Waals surface area contributed by atoms with Crippen LogP contribution >= 0.6 is 0 Å². The number of halogens is 1. The van der Waals surface area contributed by atoms with Gasteiger partial charge in [0.25, 0.3) is 0 Å². The summed E-state index contributed by atoms with van der Waals surface area (Å²) in [6.45, 7) is 2.18. The van der Waals surface area contributed by atoms with E-state index in [1.807, 2.05) is 12.1 Å². The van der Waals surface area contributed by atoms with Gasteiger partial charge in [0.1, 0.15) is 0 Å². The molecule has 0 unspecified atom stereocenters. The van der Waals surface area contributed by atoms with Gasteiger partial charge in [-0.25, -0.2) is 4.39 Å². The van der Waals surface area contributed by atoms with Gasteiger partial charge in [0.05, 0.1) is 19.4 Å². The molecule has 0 radical (unpaired) electrons. The van der Waals surface area contributed by atoms with E-state index in [4.69, 9.17) is 9.47 Å². The molecule has 1 aromatic carbocycles. The van der Waals surface area contributed by atoms with E-state index >= 15 is 0 Å². The zero-order chi connectivity index (χ0) is 22.8. The number of ether oxygens (including phenoxy) is 2. The lowest BCUT2D eigenvalue weighted by atomic mass is 9.82. The summed E-state index contributed by atoms with van der Waals surface area (Å²) < 4.78 is 24.7. The molecule has 0 bridgehead atoms. The molecule has 1 N–H and O–H groups in total. The maximum atomic E-state index is 14.6. The summed E-state index contributed by atoms with van der Waals surface area (Å²) in [7, 11) is 3.13. The third-order valence-corrected chi connectivity index (χ3v) is 6.89. The van der Waals surface area contributed by atoms with Crippen molar-refractivity contribution in [1.29, 1.82) is 0 Å². The van der Waals surface area contributed by atoms with Crippen molar-refractivity contribution < 1.29 is 18.7 Å². The molecule has 2 aliphatic rings. The van der Waals surface area contributed by atoms with E-state index in [0.717, 1.165) is 51.1 Å². The predicted molar refractivity (Wildman–Crippen MR) is 127 cm³/mol. The summed E-state index contributed by atoms with van der Waals surface area (Å²) in [5.74, 6) is 0.933. The standard InChI is InChI=1S/C26H39FN2O3/c1-31-19-16-25(30)28-22-13-11-21(12-14-22)7-3-6-20-8-5-17-29(18-15-20)23-9-4-10-24(32-2)26(23)27/h4,8-10,21-22H,3,5-7,11-19H2,1-2H3,(H,28,30). The Hall–Kier alpha value is -2.08. The third kappa shape index (κ3) is 7.22. The lowest BCUT2D eigenvalue weighted by Gasteiger charge is -2.29. The van der Waals surface area contributed by atoms with Crippen molar-refractivity contribution in [3.8, 4) is 5.75 Å². The van der Waals surface area contributed by atoms with Crippen LogP contribution in [-0.4, -0.2) is 45.9 Å². The normalized spacial score (nSPS) is 21.6. The number of anilines is 1. The zero-order valence-corrected chi connectivity index (χ0v) is 19.7. The van der Waals surface area contributed by atoms with Gasteiger partial charge < -0.3 is 19.7 Å². The van der Waals surface area contributed by atoms with Gasteiger partial charge in [-0.2, -0.15) is 0 Å². The summed E-state index contributed by atoms with van der Waals surface area (Å²) in [5.41, 5.74) is 2.15. The number of carbonyl (C=O) groups excluding carboxylic acids is 1. The van der Waals surface area contributed by atoms with Gasteiger partial charge in [0.2, 0.25) is 5.91 Å². The molecule has 0 atom stereocenters. The van der Waals surface area contributed by atoms with Gasteiger partial charge in [0.15, 0.2) is 11.6 Å². The Labute approximate surface area is 192 Å². The SMILES string of the molecule is COCCC(=O)NC1CCC(CCCC2=CCCN(c3cccc(OC)c3F)CC2)CC1. The largest absolute Gasteiger partial charge is 0.494 e. The van der Waals surface area contributed by atoms with Crippen molar-refractivity contribution in [3.05, 3.63) is 35.7 Å². The predicted octanol–water partition coefficient (Wildman–Crippen LogP) is 5.24. The molecule has 1 aliphatic heterocycles. The molecule has 1 amide bonds. The highest BCUT2D eigenvalue weighted by Crippen LogP contribution is 2.31. The minimum absolute atomic E-state index is 0.110. The Morgan fingerprint density at radius 3 is 2.75 bits per heavy atom. The first-order chi connectivity index (χ1) is 15.6. The summed E-state index contributed by atoms with van der Waals surface area (Å²) in [6, 6.07) is 5.71. The molecule has 5 nitrogen and oxygen atoms in total. The van der Waals surface area contributed by atoms with Gasteiger partial charge >= 0.3 is 0 Å². The molecule has 1 saturated carbocycles. The Balaban J connectivity index is 1.35. The fraction of sp³-hybridized carbons (Fsp3) is 0.654. The molecule has 1 aliphatic carbocycles. The lowest BCUT2D eigenvalue weighted by molar-refractivity contribution is -0.122. The monoisotopic (exact) mass is 446 g/mol. The first-order valence-corrected chi connectivity index (χ1v) is 12.1. The molecule has 0 saturated heterocycles. The van der Waals surface area contributed by atoms with Crippen LogP contribution in [0.2, 0.25) is 0 Å². The second-order valence-corrected chi connectivity index (χ2v) is 9.10. The van der Waals surface area contributed by atoms with E-state index in [-0.39, 0.29) is 11.7 Å². The summed E-state index contributed by atoms with van der Waals surface area (Å²) in [5, 5.41) is 3.15. The average Bonchev–Trinajstić information content (AvgIpc) is 3.05. The van der Waals surface area contributed by atoms with Crippen molar-refractivity contribution in [3.63, 3.8) is 0 Å². The van der Waals surface area contributed by atoms with Crippen molar-refractivity contribution in [2.24, 2.45) is 5.92 Å². The van der Waals surface area contributed by atoms with Crippen LogP contribution in [0.5, 0.6) is 5.75 Å².